The Bertz CT molecular complexity index is 1920. The first kappa shape index (κ1) is 42.2. The Hall–Kier alpha value is -4.45. The van der Waals surface area contributed by atoms with Crippen LogP contribution < -0.4 is 32.7 Å². The third-order valence-electron chi connectivity index (χ3n) is 14.9. The number of hydrogen-bond acceptors (Lipinski definition) is 7. The van der Waals surface area contributed by atoms with Gasteiger partial charge >= 0.3 is 6.03 Å². The molecule has 6 amide bonds. The molecule has 2 aromatic carbocycles. The molecule has 12 heteroatoms. The van der Waals surface area contributed by atoms with E-state index < -0.39 is 40.8 Å². The van der Waals surface area contributed by atoms with Gasteiger partial charge in [0.1, 0.15) is 11.8 Å². The van der Waals surface area contributed by atoms with Gasteiger partial charge in [-0.25, -0.2) is 4.79 Å². The molecule has 12 nitrogen and oxygen atoms in total. The molecule has 2 saturated carbocycles. The van der Waals surface area contributed by atoms with E-state index in [0.29, 0.717) is 24.9 Å². The summed E-state index contributed by atoms with van der Waals surface area (Å²) >= 11 is 0. The molecule has 8 atom stereocenters. The van der Waals surface area contributed by atoms with Gasteiger partial charge in [-0.05, 0) is 139 Å². The van der Waals surface area contributed by atoms with Gasteiger partial charge in [0.2, 0.25) is 23.6 Å². The van der Waals surface area contributed by atoms with Gasteiger partial charge in [-0.3, -0.25) is 24.5 Å². The van der Waals surface area contributed by atoms with E-state index in [4.69, 9.17) is 11.5 Å². The maximum absolute atomic E-state index is 14.6. The van der Waals surface area contributed by atoms with E-state index in [2.05, 4.69) is 35.1 Å². The second-order valence-electron chi connectivity index (χ2n) is 18.8. The van der Waals surface area contributed by atoms with Crippen LogP contribution in [0, 0.1) is 28.6 Å². The van der Waals surface area contributed by atoms with Crippen LogP contribution in [0.2, 0.25) is 0 Å². The second-order valence-corrected chi connectivity index (χ2v) is 18.8. The van der Waals surface area contributed by atoms with Gasteiger partial charge in [-0.1, -0.05) is 66.5 Å². The summed E-state index contributed by atoms with van der Waals surface area (Å²) in [4.78, 5) is 67.0. The number of fused-ring (bicyclic) bond motifs is 6. The molecule has 310 valence electrons. The zero-order valence-corrected chi connectivity index (χ0v) is 34.7. The highest BCUT2D eigenvalue weighted by Crippen LogP contribution is 2.59. The molecule has 2 fully saturated rings. The van der Waals surface area contributed by atoms with Gasteiger partial charge in [0.05, 0.1) is 16.9 Å². The van der Waals surface area contributed by atoms with Crippen molar-refractivity contribution in [1.82, 2.24) is 16.0 Å². The van der Waals surface area contributed by atoms with Crippen LogP contribution in [-0.4, -0.2) is 53.4 Å². The summed E-state index contributed by atoms with van der Waals surface area (Å²) in [6.45, 7) is 12.4. The van der Waals surface area contributed by atoms with Gasteiger partial charge in [0.25, 0.3) is 0 Å². The van der Waals surface area contributed by atoms with Gasteiger partial charge < -0.3 is 32.5 Å². The summed E-state index contributed by atoms with van der Waals surface area (Å²) < 4.78 is 0. The van der Waals surface area contributed by atoms with Crippen LogP contribution in [-0.2, 0) is 42.8 Å². The monoisotopic (exact) mass is 784 g/mol. The van der Waals surface area contributed by atoms with Crippen molar-refractivity contribution in [3.05, 3.63) is 58.7 Å². The van der Waals surface area contributed by atoms with Gasteiger partial charge in [-0.2, -0.15) is 0 Å². The van der Waals surface area contributed by atoms with Crippen molar-refractivity contribution in [2.75, 3.05) is 11.9 Å². The summed E-state index contributed by atoms with van der Waals surface area (Å²) in [5, 5.41) is 21.8. The minimum Gasteiger partial charge on any atom is -0.508 e. The van der Waals surface area contributed by atoms with E-state index in [1.54, 1.807) is 6.07 Å². The Morgan fingerprint density at radius 3 is 1.88 bits per heavy atom. The predicted octanol–water partition coefficient (Wildman–Crippen LogP) is 5.61. The molecular formula is C45H64N6O6. The van der Waals surface area contributed by atoms with Crippen molar-refractivity contribution in [3.8, 4) is 5.75 Å². The summed E-state index contributed by atoms with van der Waals surface area (Å²) in [6, 6.07) is 9.24. The molecule has 2 aromatic rings. The van der Waals surface area contributed by atoms with E-state index in [1.165, 1.54) is 11.1 Å². The molecule has 0 aliphatic heterocycles. The largest absolute Gasteiger partial charge is 0.508 e. The SMILES string of the molecule is CC(C)[C@H](N)C(=O)N[C@@H](CCCNC(N)=O)C(=O)Nc1ccc2c(c1)[C@@]1(C)CCC[C@](C)(C(=O)NC(=O)[C@@]3(C)CCC[C@]4(C)c5cc(O)ccc5CC[C@@H]34)C1CC2. The molecule has 0 saturated heterocycles. The number of primary amides is 1. The van der Waals surface area contributed by atoms with Crippen molar-refractivity contribution in [2.45, 2.75) is 142 Å². The molecule has 4 aliphatic rings. The Balaban J connectivity index is 1.20. The zero-order valence-electron chi connectivity index (χ0n) is 34.7. The first-order chi connectivity index (χ1) is 26.8. The Kier molecular flexibility index (Phi) is 11.9. The number of carbonyl (C=O) groups is 5. The van der Waals surface area contributed by atoms with Crippen LogP contribution in [0.5, 0.6) is 5.75 Å². The number of nitrogens with one attached hydrogen (secondary N) is 4. The molecule has 4 aliphatic carbocycles. The van der Waals surface area contributed by atoms with E-state index >= 15 is 0 Å². The van der Waals surface area contributed by atoms with E-state index in [0.717, 1.165) is 62.5 Å². The number of aromatic hydroxyl groups is 1. The van der Waals surface area contributed by atoms with Gasteiger partial charge in [-0.15, -0.1) is 0 Å². The first-order valence-corrected chi connectivity index (χ1v) is 21.1. The highest BCUT2D eigenvalue weighted by Gasteiger charge is 2.58. The number of phenols is 1. The smallest absolute Gasteiger partial charge is 0.312 e. The molecule has 6 rings (SSSR count). The minimum absolute atomic E-state index is 0.0344. The van der Waals surface area contributed by atoms with Crippen LogP contribution >= 0.6 is 0 Å². The highest BCUT2D eigenvalue weighted by atomic mass is 16.3. The minimum atomic E-state index is -0.894. The van der Waals surface area contributed by atoms with Crippen LogP contribution in [0.25, 0.3) is 0 Å². The number of benzene rings is 2. The number of aryl methyl sites for hydroxylation is 2. The van der Waals surface area contributed by atoms with E-state index in [1.807, 2.05) is 58.0 Å². The van der Waals surface area contributed by atoms with Crippen LogP contribution in [0.1, 0.15) is 128 Å². The van der Waals surface area contributed by atoms with Crippen LogP contribution in [0.3, 0.4) is 0 Å². The fourth-order valence-electron chi connectivity index (χ4n) is 11.5. The molecule has 0 bridgehead atoms. The maximum atomic E-state index is 14.6. The molecule has 0 aromatic heterocycles. The number of anilines is 1. The maximum Gasteiger partial charge on any atom is 0.312 e. The van der Waals surface area contributed by atoms with Crippen molar-refractivity contribution >= 4 is 35.3 Å². The number of rotatable bonds is 11. The van der Waals surface area contributed by atoms with Gasteiger partial charge in [0, 0.05) is 12.2 Å². The lowest BCUT2D eigenvalue weighted by Crippen LogP contribution is -2.60. The predicted molar refractivity (Wildman–Crippen MR) is 220 cm³/mol. The number of amides is 6. The molecule has 0 spiro atoms. The lowest BCUT2D eigenvalue weighted by molar-refractivity contribution is -0.150. The lowest BCUT2D eigenvalue weighted by atomic mass is 9.49. The summed E-state index contributed by atoms with van der Waals surface area (Å²) in [5.41, 5.74) is 14.3. The second kappa shape index (κ2) is 16.1. The average molecular weight is 785 g/mol. The molecular weight excluding hydrogens is 721 g/mol. The molecule has 0 radical (unpaired) electrons. The third kappa shape index (κ3) is 7.90. The van der Waals surface area contributed by atoms with Crippen molar-refractivity contribution < 1.29 is 29.1 Å². The third-order valence-corrected chi connectivity index (χ3v) is 14.9. The van der Waals surface area contributed by atoms with Crippen LogP contribution in [0.4, 0.5) is 10.5 Å². The van der Waals surface area contributed by atoms with Crippen LogP contribution in [0.15, 0.2) is 36.4 Å². The number of carbonyl (C=O) groups excluding carboxylic acids is 5. The fraction of sp³-hybridized carbons (Fsp3) is 0.622. The first-order valence-electron chi connectivity index (χ1n) is 21.1. The Morgan fingerprint density at radius 1 is 0.789 bits per heavy atom. The molecule has 1 unspecified atom stereocenters. The topological polar surface area (TPSA) is 206 Å². The molecule has 57 heavy (non-hydrogen) atoms. The average Bonchev–Trinajstić information content (AvgIpc) is 3.15. The van der Waals surface area contributed by atoms with Crippen molar-refractivity contribution in [2.24, 2.45) is 40.1 Å². The Morgan fingerprint density at radius 2 is 1.33 bits per heavy atom. The summed E-state index contributed by atoms with van der Waals surface area (Å²) in [7, 11) is 0. The van der Waals surface area contributed by atoms with E-state index in [-0.39, 0.29) is 59.1 Å². The quantitative estimate of drug-likeness (QED) is 0.113. The van der Waals surface area contributed by atoms with Gasteiger partial charge in [0.15, 0.2) is 0 Å². The number of urea groups is 1. The van der Waals surface area contributed by atoms with E-state index in [9.17, 15) is 29.1 Å². The standard InChI is InChI=1S/C45H64N6O6/c1-26(2)36(46)38(54)50-33(10-7-23-48-41(47)57)37(53)49-29-15-11-27-13-17-34-42(3,31(27)24-29)19-8-21-44(34,5)39(55)51-40(56)45(6)22-9-20-43(4)32-25-30(52)16-12-28(32)14-18-35(43)45/h11-12,15-16,24-26,33-36,52H,7-10,13-14,17-23,46H2,1-6H3,(H,49,53)(H,50,54)(H3,47,48,57)(H,51,55,56)/t33-,34?,35+,36-,42+,43+,44-,45-/m0/s1. The molecule has 0 heterocycles. The Labute approximate surface area is 337 Å². The number of imide groups is 1. The zero-order chi connectivity index (χ0) is 41.5. The number of hydrogen-bond donors (Lipinski definition) is 7. The fourth-order valence-corrected chi connectivity index (χ4v) is 11.5. The highest BCUT2D eigenvalue weighted by molar-refractivity contribution is 6.01. The summed E-state index contributed by atoms with van der Waals surface area (Å²) in [6.07, 6.45) is 8.77. The summed E-state index contributed by atoms with van der Waals surface area (Å²) in [5.74, 6) is -1.11. The lowest BCUT2D eigenvalue weighted by Gasteiger charge is -2.56. The number of phenolic OH excluding ortho intramolecular Hbond substituents is 1. The van der Waals surface area contributed by atoms with Crippen molar-refractivity contribution in [1.29, 1.82) is 0 Å². The number of nitrogens with two attached hydrogens (primary N) is 2. The normalized spacial score (nSPS) is 30.0. The van der Waals surface area contributed by atoms with Crippen molar-refractivity contribution in [3.63, 3.8) is 0 Å². The molecule has 9 N–H and O–H groups in total.